The van der Waals surface area contributed by atoms with Crippen LogP contribution in [-0.4, -0.2) is 6.71 Å². The summed E-state index contributed by atoms with van der Waals surface area (Å²) >= 11 is 0. The van der Waals surface area contributed by atoms with Crippen LogP contribution in [0.2, 0.25) is 0 Å². The van der Waals surface area contributed by atoms with Crippen molar-refractivity contribution in [3.05, 3.63) is 169 Å². The molecule has 0 aromatic heterocycles. The van der Waals surface area contributed by atoms with Gasteiger partial charge in [0.2, 0.25) is 0 Å². The Labute approximate surface area is 289 Å². The maximum Gasteiger partial charge on any atom is 0.256 e. The molecule has 2 heterocycles. The van der Waals surface area contributed by atoms with E-state index in [-0.39, 0.29) is 12.1 Å². The summed E-state index contributed by atoms with van der Waals surface area (Å²) < 4.78 is 6.87. The molecule has 0 unspecified atom stereocenters. The van der Waals surface area contributed by atoms with E-state index in [0.29, 0.717) is 0 Å². The van der Waals surface area contributed by atoms with Gasteiger partial charge in [0, 0.05) is 22.5 Å². The first-order valence-corrected chi connectivity index (χ1v) is 17.1. The molecule has 0 aliphatic carbocycles. The first kappa shape index (κ1) is 29.4. The van der Waals surface area contributed by atoms with Gasteiger partial charge in [-0.3, -0.25) is 0 Å². The summed E-state index contributed by atoms with van der Waals surface area (Å²) in [5.41, 5.74) is 15.6. The van der Waals surface area contributed by atoms with Gasteiger partial charge >= 0.3 is 0 Å². The van der Waals surface area contributed by atoms with Gasteiger partial charge in [-0.05, 0) is 73.9 Å². The third-order valence-corrected chi connectivity index (χ3v) is 10.1. The average Bonchev–Trinajstić information content (AvgIpc) is 3.15. The molecule has 0 radical (unpaired) electrons. The molecule has 0 amide bonds. The van der Waals surface area contributed by atoms with Crippen LogP contribution in [0.25, 0.3) is 33.4 Å². The second-order valence-corrected chi connectivity index (χ2v) is 14.1. The van der Waals surface area contributed by atoms with E-state index in [1.54, 1.807) is 0 Å². The minimum absolute atomic E-state index is 0.0452. The predicted octanol–water partition coefficient (Wildman–Crippen LogP) is 10.4. The maximum absolute atomic E-state index is 6.87. The fourth-order valence-corrected chi connectivity index (χ4v) is 7.70. The van der Waals surface area contributed by atoms with Crippen molar-refractivity contribution < 1.29 is 4.74 Å². The smallest absolute Gasteiger partial charge is 0.256 e. The summed E-state index contributed by atoms with van der Waals surface area (Å²) in [6, 6.07) is 59.4. The highest BCUT2D eigenvalue weighted by atomic mass is 16.5. The van der Waals surface area contributed by atoms with Crippen LogP contribution in [0.5, 0.6) is 11.5 Å². The summed E-state index contributed by atoms with van der Waals surface area (Å²) in [4.78, 5) is 2.51. The summed E-state index contributed by atoms with van der Waals surface area (Å²) in [6.07, 6.45) is 0. The molecule has 0 atom stereocenters. The van der Waals surface area contributed by atoms with Crippen molar-refractivity contribution in [1.82, 2.24) is 0 Å². The molecule has 0 N–H and O–H groups in total. The summed E-state index contributed by atoms with van der Waals surface area (Å²) in [6.45, 7) is 6.84. The molecule has 234 valence electrons. The normalized spacial score (nSPS) is 12.9. The molecule has 3 heteroatoms. The lowest BCUT2D eigenvalue weighted by atomic mass is 9.34. The molecular formula is C46H36BNO. The number of ether oxygens (including phenoxy) is 1. The van der Waals surface area contributed by atoms with E-state index in [1.165, 1.54) is 55.5 Å². The van der Waals surface area contributed by atoms with E-state index < -0.39 is 0 Å². The van der Waals surface area contributed by atoms with Crippen LogP contribution in [-0.2, 0) is 5.41 Å². The molecular weight excluding hydrogens is 593 g/mol. The van der Waals surface area contributed by atoms with Crippen molar-refractivity contribution in [3.8, 4) is 44.9 Å². The standard InChI is InChI=1S/C46H36BNO/c1-46(2,3)35-27-25-31(26-28-35)34-29-41-44-43(30-34)49-42-24-13-11-22-39(42)47(44)38-21-10-12-23-40(38)48(41)45-36(32-15-6-4-7-16-32)19-14-20-37(45)33-17-8-5-9-18-33/h4-30H,1-3H3. The number of nitrogens with zero attached hydrogens (tertiary/aromatic N) is 1. The van der Waals surface area contributed by atoms with E-state index in [1.807, 2.05) is 0 Å². The van der Waals surface area contributed by atoms with Crippen molar-refractivity contribution in [3.63, 3.8) is 0 Å². The van der Waals surface area contributed by atoms with E-state index >= 15 is 0 Å². The van der Waals surface area contributed by atoms with Crippen molar-refractivity contribution in [2.45, 2.75) is 26.2 Å². The zero-order chi connectivity index (χ0) is 33.1. The Hall–Kier alpha value is -5.80. The van der Waals surface area contributed by atoms with Gasteiger partial charge in [-0.25, -0.2) is 0 Å². The molecule has 0 bridgehead atoms. The highest BCUT2D eigenvalue weighted by Crippen LogP contribution is 2.49. The van der Waals surface area contributed by atoms with Gasteiger partial charge in [0.25, 0.3) is 6.71 Å². The average molecular weight is 630 g/mol. The van der Waals surface area contributed by atoms with Gasteiger partial charge in [-0.1, -0.05) is 160 Å². The summed E-state index contributed by atoms with van der Waals surface area (Å²) in [5, 5.41) is 0. The van der Waals surface area contributed by atoms with E-state index in [9.17, 15) is 0 Å². The second kappa shape index (κ2) is 11.4. The number of hydrogen-bond donors (Lipinski definition) is 0. The molecule has 0 fully saturated rings. The van der Waals surface area contributed by atoms with Gasteiger partial charge in [-0.15, -0.1) is 0 Å². The van der Waals surface area contributed by atoms with Crippen LogP contribution < -0.4 is 26.0 Å². The third-order valence-electron chi connectivity index (χ3n) is 10.1. The molecule has 7 aromatic carbocycles. The van der Waals surface area contributed by atoms with Crippen molar-refractivity contribution >= 4 is 40.2 Å². The number of fused-ring (bicyclic) bond motifs is 4. The fourth-order valence-electron chi connectivity index (χ4n) is 7.70. The third kappa shape index (κ3) is 4.88. The number of benzene rings is 7. The van der Waals surface area contributed by atoms with Crippen molar-refractivity contribution in [1.29, 1.82) is 0 Å². The lowest BCUT2D eigenvalue weighted by molar-refractivity contribution is 0.487. The Morgan fingerprint density at radius 1 is 0.469 bits per heavy atom. The molecule has 0 saturated carbocycles. The second-order valence-electron chi connectivity index (χ2n) is 14.1. The molecule has 0 saturated heterocycles. The Morgan fingerprint density at radius 3 is 1.71 bits per heavy atom. The summed E-state index contributed by atoms with van der Waals surface area (Å²) in [5.74, 6) is 1.83. The van der Waals surface area contributed by atoms with Crippen LogP contribution in [0, 0.1) is 0 Å². The van der Waals surface area contributed by atoms with Gasteiger partial charge in [0.1, 0.15) is 11.5 Å². The lowest BCUT2D eigenvalue weighted by Crippen LogP contribution is -2.59. The van der Waals surface area contributed by atoms with Gasteiger partial charge in [0.05, 0.1) is 5.69 Å². The molecule has 9 rings (SSSR count). The first-order chi connectivity index (χ1) is 24.0. The van der Waals surface area contributed by atoms with Crippen LogP contribution in [0.1, 0.15) is 26.3 Å². The van der Waals surface area contributed by atoms with Crippen LogP contribution in [0.15, 0.2) is 164 Å². The van der Waals surface area contributed by atoms with E-state index in [4.69, 9.17) is 4.74 Å². The van der Waals surface area contributed by atoms with Gasteiger partial charge in [0.15, 0.2) is 0 Å². The maximum atomic E-state index is 6.87. The Bertz CT molecular complexity index is 2280. The highest BCUT2D eigenvalue weighted by molar-refractivity contribution is 6.99. The Morgan fingerprint density at radius 2 is 1.06 bits per heavy atom. The quantitative estimate of drug-likeness (QED) is 0.180. The molecule has 2 nitrogen and oxygen atoms in total. The van der Waals surface area contributed by atoms with Crippen LogP contribution >= 0.6 is 0 Å². The predicted molar refractivity (Wildman–Crippen MR) is 207 cm³/mol. The van der Waals surface area contributed by atoms with E-state index in [2.05, 4.69) is 189 Å². The molecule has 7 aromatic rings. The number of para-hydroxylation sites is 3. The van der Waals surface area contributed by atoms with Crippen molar-refractivity contribution in [2.75, 3.05) is 4.90 Å². The first-order valence-electron chi connectivity index (χ1n) is 17.1. The topological polar surface area (TPSA) is 12.5 Å². The summed E-state index contributed by atoms with van der Waals surface area (Å²) in [7, 11) is 0. The Balaban J connectivity index is 1.37. The number of rotatable bonds is 4. The molecule has 2 aliphatic heterocycles. The van der Waals surface area contributed by atoms with Crippen molar-refractivity contribution in [2.24, 2.45) is 0 Å². The lowest BCUT2D eigenvalue weighted by Gasteiger charge is -2.41. The Kier molecular flexibility index (Phi) is 6.84. The van der Waals surface area contributed by atoms with Crippen LogP contribution in [0.3, 0.4) is 0 Å². The zero-order valence-corrected chi connectivity index (χ0v) is 28.0. The van der Waals surface area contributed by atoms with Crippen LogP contribution in [0.4, 0.5) is 17.1 Å². The molecule has 49 heavy (non-hydrogen) atoms. The number of anilines is 3. The minimum atomic E-state index is 0.0452. The van der Waals surface area contributed by atoms with Gasteiger partial charge in [-0.2, -0.15) is 0 Å². The SMILES string of the molecule is CC(C)(C)c1ccc(-c2cc3c4c(c2)N(c2c(-c5ccccc5)cccc2-c2ccccc2)c2ccccc2B4c2ccccc2O3)cc1. The number of hydrogen-bond acceptors (Lipinski definition) is 2. The highest BCUT2D eigenvalue weighted by Gasteiger charge is 2.42. The largest absolute Gasteiger partial charge is 0.458 e. The fraction of sp³-hybridized carbons (Fsp3) is 0.0870. The van der Waals surface area contributed by atoms with E-state index in [0.717, 1.165) is 28.4 Å². The molecule has 0 spiro atoms. The molecule has 2 aliphatic rings. The zero-order valence-electron chi connectivity index (χ0n) is 28.0. The minimum Gasteiger partial charge on any atom is -0.458 e. The van der Waals surface area contributed by atoms with Gasteiger partial charge < -0.3 is 9.64 Å². The monoisotopic (exact) mass is 629 g/mol.